The second-order valence-corrected chi connectivity index (χ2v) is 6.74. The maximum Gasteiger partial charge on any atom is 0.224 e. The van der Waals surface area contributed by atoms with Crippen molar-refractivity contribution in [1.82, 2.24) is 15.1 Å². The van der Waals surface area contributed by atoms with Gasteiger partial charge in [-0.25, -0.2) is 4.68 Å². The van der Waals surface area contributed by atoms with Crippen molar-refractivity contribution < 1.29 is 4.79 Å². The quantitative estimate of drug-likeness (QED) is 0.941. The van der Waals surface area contributed by atoms with Crippen molar-refractivity contribution >= 4 is 5.91 Å². The van der Waals surface area contributed by atoms with Gasteiger partial charge in [-0.3, -0.25) is 4.79 Å². The standard InChI is InChI=1S/C19H25N3O/c1-14-5-3-6-18(15(14)2)21-19(23)13-16-7-9-17(10-8-16)22-12-4-11-20-22/h4,7-12,14-15,18H,3,5-6,13H2,1-2H3,(H,21,23)/t14-,15+,18+/m1/s1. The summed E-state index contributed by atoms with van der Waals surface area (Å²) in [6, 6.07) is 10.2. The first-order chi connectivity index (χ1) is 11.1. The van der Waals surface area contributed by atoms with E-state index in [0.29, 0.717) is 24.3 Å². The van der Waals surface area contributed by atoms with Crippen LogP contribution in [0.1, 0.15) is 38.7 Å². The smallest absolute Gasteiger partial charge is 0.224 e. The number of hydrogen-bond acceptors (Lipinski definition) is 2. The summed E-state index contributed by atoms with van der Waals surface area (Å²) >= 11 is 0. The molecule has 1 aromatic carbocycles. The average Bonchev–Trinajstić information content (AvgIpc) is 3.07. The Morgan fingerprint density at radius 3 is 2.74 bits per heavy atom. The highest BCUT2D eigenvalue weighted by Gasteiger charge is 2.27. The summed E-state index contributed by atoms with van der Waals surface area (Å²) in [7, 11) is 0. The fourth-order valence-corrected chi connectivity index (χ4v) is 3.42. The van der Waals surface area contributed by atoms with E-state index in [1.165, 1.54) is 12.8 Å². The number of benzene rings is 1. The molecule has 1 fully saturated rings. The molecule has 0 saturated heterocycles. The minimum Gasteiger partial charge on any atom is -0.353 e. The zero-order valence-electron chi connectivity index (χ0n) is 13.9. The molecule has 122 valence electrons. The van der Waals surface area contributed by atoms with Crippen LogP contribution in [0.5, 0.6) is 0 Å². The zero-order valence-corrected chi connectivity index (χ0v) is 13.9. The monoisotopic (exact) mass is 311 g/mol. The molecule has 0 spiro atoms. The van der Waals surface area contributed by atoms with Crippen molar-refractivity contribution in [2.45, 2.75) is 45.6 Å². The van der Waals surface area contributed by atoms with E-state index >= 15 is 0 Å². The molecule has 1 amide bonds. The van der Waals surface area contributed by atoms with Crippen LogP contribution in [0.2, 0.25) is 0 Å². The van der Waals surface area contributed by atoms with Gasteiger partial charge in [0.25, 0.3) is 0 Å². The van der Waals surface area contributed by atoms with Crippen molar-refractivity contribution in [3.63, 3.8) is 0 Å². The summed E-state index contributed by atoms with van der Waals surface area (Å²) in [5.41, 5.74) is 2.05. The molecule has 1 saturated carbocycles. The number of nitrogens with zero attached hydrogens (tertiary/aromatic N) is 2. The minimum atomic E-state index is 0.128. The second kappa shape index (κ2) is 6.99. The molecule has 1 aliphatic carbocycles. The highest BCUT2D eigenvalue weighted by atomic mass is 16.1. The molecule has 4 nitrogen and oxygen atoms in total. The Balaban J connectivity index is 1.57. The van der Waals surface area contributed by atoms with Gasteiger partial charge >= 0.3 is 0 Å². The van der Waals surface area contributed by atoms with E-state index < -0.39 is 0 Å². The van der Waals surface area contributed by atoms with E-state index in [0.717, 1.165) is 17.7 Å². The third-order valence-electron chi connectivity index (χ3n) is 5.12. The first kappa shape index (κ1) is 15.8. The van der Waals surface area contributed by atoms with Gasteiger partial charge in [-0.15, -0.1) is 0 Å². The highest BCUT2D eigenvalue weighted by Crippen LogP contribution is 2.29. The summed E-state index contributed by atoms with van der Waals surface area (Å²) in [6.07, 6.45) is 7.71. The molecule has 3 rings (SSSR count). The molecule has 0 bridgehead atoms. The fourth-order valence-electron chi connectivity index (χ4n) is 3.42. The van der Waals surface area contributed by atoms with Gasteiger partial charge in [-0.2, -0.15) is 5.10 Å². The molecule has 1 heterocycles. The maximum absolute atomic E-state index is 12.3. The molecule has 4 heteroatoms. The topological polar surface area (TPSA) is 46.9 Å². The molecule has 3 atom stereocenters. The van der Waals surface area contributed by atoms with Crippen LogP contribution >= 0.6 is 0 Å². The van der Waals surface area contributed by atoms with Crippen LogP contribution in [0.4, 0.5) is 0 Å². The van der Waals surface area contributed by atoms with Crippen molar-refractivity contribution in [3.8, 4) is 5.69 Å². The number of amides is 1. The van der Waals surface area contributed by atoms with Crippen LogP contribution in [0.15, 0.2) is 42.7 Å². The largest absolute Gasteiger partial charge is 0.353 e. The Labute approximate surface area is 137 Å². The van der Waals surface area contributed by atoms with Gasteiger partial charge in [-0.1, -0.05) is 38.8 Å². The number of rotatable bonds is 4. The number of hydrogen-bond donors (Lipinski definition) is 1. The Hall–Kier alpha value is -2.10. The fraction of sp³-hybridized carbons (Fsp3) is 0.474. The number of carbonyl (C=O) groups is 1. The third kappa shape index (κ3) is 3.81. The van der Waals surface area contributed by atoms with Crippen molar-refractivity contribution in [2.75, 3.05) is 0 Å². The van der Waals surface area contributed by atoms with Gasteiger partial charge in [0, 0.05) is 18.4 Å². The van der Waals surface area contributed by atoms with Gasteiger partial charge in [0.05, 0.1) is 12.1 Å². The lowest BCUT2D eigenvalue weighted by molar-refractivity contribution is -0.121. The van der Waals surface area contributed by atoms with Crippen LogP contribution in [0, 0.1) is 11.8 Å². The summed E-state index contributed by atoms with van der Waals surface area (Å²) in [4.78, 5) is 12.3. The molecule has 0 aliphatic heterocycles. The van der Waals surface area contributed by atoms with Crippen LogP contribution in [0.3, 0.4) is 0 Å². The first-order valence-electron chi connectivity index (χ1n) is 8.52. The predicted molar refractivity (Wildman–Crippen MR) is 91.4 cm³/mol. The highest BCUT2D eigenvalue weighted by molar-refractivity contribution is 5.79. The van der Waals surface area contributed by atoms with E-state index in [9.17, 15) is 4.79 Å². The SMILES string of the molecule is C[C@H]1[C@H](C)CCC[C@@H]1NC(=O)Cc1ccc(-n2cccn2)cc1. The lowest BCUT2D eigenvalue weighted by Crippen LogP contribution is -2.44. The Bertz CT molecular complexity index is 633. The summed E-state index contributed by atoms with van der Waals surface area (Å²) in [5.74, 6) is 1.39. The lowest BCUT2D eigenvalue weighted by atomic mass is 9.78. The number of aromatic nitrogens is 2. The number of carbonyl (C=O) groups excluding carboxylic acids is 1. The van der Waals surface area contributed by atoms with Gasteiger partial charge in [0.2, 0.25) is 5.91 Å². The molecule has 1 aliphatic rings. The zero-order chi connectivity index (χ0) is 16.2. The van der Waals surface area contributed by atoms with E-state index in [1.54, 1.807) is 6.20 Å². The van der Waals surface area contributed by atoms with Gasteiger partial charge in [0.15, 0.2) is 0 Å². The van der Waals surface area contributed by atoms with Crippen molar-refractivity contribution in [1.29, 1.82) is 0 Å². The van der Waals surface area contributed by atoms with E-state index in [-0.39, 0.29) is 5.91 Å². The summed E-state index contributed by atoms with van der Waals surface area (Å²) in [5, 5.41) is 7.44. The Morgan fingerprint density at radius 1 is 1.26 bits per heavy atom. The van der Waals surface area contributed by atoms with Gasteiger partial charge in [0.1, 0.15) is 0 Å². The second-order valence-electron chi connectivity index (χ2n) is 6.74. The molecule has 1 aromatic heterocycles. The maximum atomic E-state index is 12.3. The first-order valence-corrected chi connectivity index (χ1v) is 8.52. The molecule has 0 radical (unpaired) electrons. The summed E-state index contributed by atoms with van der Waals surface area (Å²) in [6.45, 7) is 4.55. The number of nitrogens with one attached hydrogen (secondary N) is 1. The van der Waals surface area contributed by atoms with Gasteiger partial charge in [-0.05, 0) is 42.0 Å². The van der Waals surface area contributed by atoms with Crippen LogP contribution in [0.25, 0.3) is 5.69 Å². The van der Waals surface area contributed by atoms with E-state index in [2.05, 4.69) is 24.3 Å². The van der Waals surface area contributed by atoms with Crippen LogP contribution in [-0.4, -0.2) is 21.7 Å². The van der Waals surface area contributed by atoms with Crippen LogP contribution in [-0.2, 0) is 11.2 Å². The normalized spacial score (nSPS) is 24.3. The van der Waals surface area contributed by atoms with E-state index in [1.807, 2.05) is 41.2 Å². The third-order valence-corrected chi connectivity index (χ3v) is 5.12. The Kier molecular flexibility index (Phi) is 4.79. The lowest BCUT2D eigenvalue weighted by Gasteiger charge is -2.34. The molecule has 2 aromatic rings. The molecular weight excluding hydrogens is 286 g/mol. The Morgan fingerprint density at radius 2 is 2.04 bits per heavy atom. The van der Waals surface area contributed by atoms with Crippen molar-refractivity contribution in [2.24, 2.45) is 11.8 Å². The molecule has 23 heavy (non-hydrogen) atoms. The molecule has 0 unspecified atom stereocenters. The minimum absolute atomic E-state index is 0.128. The van der Waals surface area contributed by atoms with Gasteiger partial charge < -0.3 is 5.32 Å². The molecule has 1 N–H and O–H groups in total. The molecular formula is C19H25N3O. The predicted octanol–water partition coefficient (Wildman–Crippen LogP) is 3.36. The van der Waals surface area contributed by atoms with E-state index in [4.69, 9.17) is 0 Å². The van der Waals surface area contributed by atoms with Crippen molar-refractivity contribution in [3.05, 3.63) is 48.3 Å². The average molecular weight is 311 g/mol. The van der Waals surface area contributed by atoms with Crippen LogP contribution < -0.4 is 5.32 Å². The summed E-state index contributed by atoms with van der Waals surface area (Å²) < 4.78 is 1.81.